The zero-order chi connectivity index (χ0) is 18.8. The second-order valence-electron chi connectivity index (χ2n) is 6.81. The molecular formula is C21H21NO4. The molecule has 0 spiro atoms. The Balaban J connectivity index is 1.80. The highest BCUT2D eigenvalue weighted by molar-refractivity contribution is 6.22. The second kappa shape index (κ2) is 7.12. The molecule has 0 aromatic heterocycles. The van der Waals surface area contributed by atoms with E-state index in [1.807, 2.05) is 31.2 Å². The van der Waals surface area contributed by atoms with Gasteiger partial charge in [0.15, 0.2) is 0 Å². The van der Waals surface area contributed by atoms with Crippen molar-refractivity contribution in [3.05, 3.63) is 70.8 Å². The van der Waals surface area contributed by atoms with Crippen LogP contribution >= 0.6 is 0 Å². The number of amides is 2. The van der Waals surface area contributed by atoms with Crippen LogP contribution in [0.3, 0.4) is 0 Å². The van der Waals surface area contributed by atoms with E-state index in [2.05, 4.69) is 0 Å². The van der Waals surface area contributed by atoms with Gasteiger partial charge in [-0.15, -0.1) is 0 Å². The number of hydrogen-bond acceptors (Lipinski definition) is 4. The van der Waals surface area contributed by atoms with Gasteiger partial charge in [-0.1, -0.05) is 55.8 Å². The van der Waals surface area contributed by atoms with Crippen LogP contribution in [0.5, 0.6) is 0 Å². The molecule has 1 atom stereocenters. The summed E-state index contributed by atoms with van der Waals surface area (Å²) in [4.78, 5) is 39.1. The molecular weight excluding hydrogens is 330 g/mol. The maximum Gasteiger partial charge on any atom is 0.329 e. The molecule has 1 heterocycles. The molecule has 1 aliphatic rings. The van der Waals surface area contributed by atoms with Gasteiger partial charge in [0.05, 0.1) is 11.1 Å². The van der Waals surface area contributed by atoms with E-state index in [9.17, 15) is 14.4 Å². The maximum absolute atomic E-state index is 12.7. The highest BCUT2D eigenvalue weighted by Crippen LogP contribution is 2.27. The van der Waals surface area contributed by atoms with E-state index in [1.165, 1.54) is 0 Å². The number of fused-ring (bicyclic) bond motifs is 1. The number of ether oxygens (including phenoxy) is 1. The van der Waals surface area contributed by atoms with Crippen LogP contribution in [0.2, 0.25) is 0 Å². The summed E-state index contributed by atoms with van der Waals surface area (Å²) in [5.41, 5.74) is 2.59. The van der Waals surface area contributed by atoms with Gasteiger partial charge < -0.3 is 4.74 Å². The fourth-order valence-electron chi connectivity index (χ4n) is 3.18. The third-order valence-electron chi connectivity index (χ3n) is 4.44. The number of nitrogens with zero attached hydrogens (tertiary/aromatic N) is 1. The first-order valence-corrected chi connectivity index (χ1v) is 8.59. The predicted octanol–water partition coefficient (Wildman–Crippen LogP) is 3.36. The van der Waals surface area contributed by atoms with Crippen molar-refractivity contribution in [1.29, 1.82) is 0 Å². The first-order valence-electron chi connectivity index (χ1n) is 8.59. The fraction of sp³-hybridized carbons (Fsp3) is 0.286. The van der Waals surface area contributed by atoms with Gasteiger partial charge in [0.25, 0.3) is 11.8 Å². The Morgan fingerprint density at radius 3 is 2.15 bits per heavy atom. The number of imide groups is 1. The average molecular weight is 351 g/mol. The molecule has 26 heavy (non-hydrogen) atoms. The topological polar surface area (TPSA) is 63.7 Å². The van der Waals surface area contributed by atoms with E-state index in [0.29, 0.717) is 11.1 Å². The quantitative estimate of drug-likeness (QED) is 0.612. The molecule has 5 nitrogen and oxygen atoms in total. The minimum Gasteiger partial charge on any atom is -0.459 e. The molecule has 134 valence electrons. The molecule has 0 fully saturated rings. The first kappa shape index (κ1) is 17.9. The van der Waals surface area contributed by atoms with Crippen molar-refractivity contribution in [2.24, 2.45) is 5.92 Å². The zero-order valence-electron chi connectivity index (χ0n) is 15.1. The minimum atomic E-state index is -0.952. The van der Waals surface area contributed by atoms with Crippen LogP contribution in [-0.4, -0.2) is 28.7 Å². The average Bonchev–Trinajstić information content (AvgIpc) is 2.86. The van der Waals surface area contributed by atoms with Crippen molar-refractivity contribution in [2.75, 3.05) is 0 Å². The zero-order valence-corrected chi connectivity index (χ0v) is 15.1. The van der Waals surface area contributed by atoms with Gasteiger partial charge in [0, 0.05) is 0 Å². The van der Waals surface area contributed by atoms with Crippen LogP contribution in [0, 0.1) is 12.8 Å². The van der Waals surface area contributed by atoms with Crippen LogP contribution in [0.1, 0.15) is 45.7 Å². The van der Waals surface area contributed by atoms with E-state index in [0.717, 1.165) is 16.0 Å². The summed E-state index contributed by atoms with van der Waals surface area (Å²) >= 11 is 0. The van der Waals surface area contributed by atoms with E-state index in [4.69, 9.17) is 4.74 Å². The largest absolute Gasteiger partial charge is 0.459 e. The standard InChI is InChI=1S/C21H21NO4/c1-13(2)18(21(25)26-12-15-8-6-7-14(3)11-15)22-19(23)16-9-4-5-10-17(16)20(22)24/h4-11,13,18H,12H2,1-3H3/t18-/m0/s1. The van der Waals surface area contributed by atoms with E-state index in [1.54, 1.807) is 38.1 Å². The number of carbonyl (C=O) groups excluding carboxylic acids is 3. The molecule has 0 unspecified atom stereocenters. The summed E-state index contributed by atoms with van der Waals surface area (Å²) in [6, 6.07) is 13.3. The van der Waals surface area contributed by atoms with Gasteiger partial charge in [-0.2, -0.15) is 0 Å². The lowest BCUT2D eigenvalue weighted by molar-refractivity contribution is -0.151. The maximum atomic E-state index is 12.7. The molecule has 0 radical (unpaired) electrons. The summed E-state index contributed by atoms with van der Waals surface area (Å²) in [6.45, 7) is 5.65. The number of aryl methyl sites for hydroxylation is 1. The molecule has 3 rings (SSSR count). The lowest BCUT2D eigenvalue weighted by Crippen LogP contribution is -2.48. The summed E-state index contributed by atoms with van der Waals surface area (Å²) < 4.78 is 5.43. The fourth-order valence-corrected chi connectivity index (χ4v) is 3.18. The molecule has 2 aromatic rings. The van der Waals surface area contributed by atoms with Gasteiger partial charge in [-0.05, 0) is 30.5 Å². The second-order valence-corrected chi connectivity index (χ2v) is 6.81. The highest BCUT2D eigenvalue weighted by Gasteiger charge is 2.44. The van der Waals surface area contributed by atoms with Gasteiger partial charge in [-0.3, -0.25) is 14.5 Å². The smallest absolute Gasteiger partial charge is 0.329 e. The highest BCUT2D eigenvalue weighted by atomic mass is 16.5. The van der Waals surface area contributed by atoms with Crippen molar-refractivity contribution in [3.8, 4) is 0 Å². The van der Waals surface area contributed by atoms with Gasteiger partial charge in [0.1, 0.15) is 12.6 Å². The Hall–Kier alpha value is -2.95. The monoisotopic (exact) mass is 351 g/mol. The molecule has 2 amide bonds. The van der Waals surface area contributed by atoms with Crippen molar-refractivity contribution >= 4 is 17.8 Å². The Morgan fingerprint density at radius 1 is 1.00 bits per heavy atom. The van der Waals surface area contributed by atoms with Crippen LogP contribution in [0.4, 0.5) is 0 Å². The summed E-state index contributed by atoms with van der Waals surface area (Å²) in [5, 5.41) is 0. The molecule has 0 saturated carbocycles. The van der Waals surface area contributed by atoms with E-state index >= 15 is 0 Å². The van der Waals surface area contributed by atoms with E-state index in [-0.39, 0.29) is 12.5 Å². The number of carbonyl (C=O) groups is 3. The Kier molecular flexibility index (Phi) is 4.89. The molecule has 2 aromatic carbocycles. The van der Waals surface area contributed by atoms with Crippen LogP contribution in [-0.2, 0) is 16.1 Å². The summed E-state index contributed by atoms with van der Waals surface area (Å²) in [5.74, 6) is -1.73. The first-order chi connectivity index (χ1) is 12.4. The van der Waals surface area contributed by atoms with Crippen LogP contribution in [0.25, 0.3) is 0 Å². The Bertz CT molecular complexity index is 837. The SMILES string of the molecule is Cc1cccc(COC(=O)[C@H](C(C)C)N2C(=O)c3ccccc3C2=O)c1. The number of hydrogen-bond donors (Lipinski definition) is 0. The third kappa shape index (κ3) is 3.25. The lowest BCUT2D eigenvalue weighted by atomic mass is 10.0. The Labute approximate surface area is 152 Å². The summed E-state index contributed by atoms with van der Waals surface area (Å²) in [7, 11) is 0. The molecule has 0 saturated heterocycles. The minimum absolute atomic E-state index is 0.104. The lowest BCUT2D eigenvalue weighted by Gasteiger charge is -2.27. The normalized spacial score (nSPS) is 14.5. The molecule has 0 N–H and O–H groups in total. The number of esters is 1. The molecule has 0 aliphatic carbocycles. The van der Waals surface area contributed by atoms with Crippen molar-refractivity contribution < 1.29 is 19.1 Å². The number of rotatable bonds is 5. The van der Waals surface area contributed by atoms with Gasteiger partial charge >= 0.3 is 5.97 Å². The van der Waals surface area contributed by atoms with Crippen LogP contribution in [0.15, 0.2) is 48.5 Å². The third-order valence-corrected chi connectivity index (χ3v) is 4.44. The van der Waals surface area contributed by atoms with Crippen molar-refractivity contribution in [2.45, 2.75) is 33.4 Å². The molecule has 0 bridgehead atoms. The molecule has 1 aliphatic heterocycles. The molecule has 5 heteroatoms. The van der Waals surface area contributed by atoms with Crippen molar-refractivity contribution in [3.63, 3.8) is 0 Å². The number of benzene rings is 2. The van der Waals surface area contributed by atoms with Gasteiger partial charge in [-0.25, -0.2) is 4.79 Å². The van der Waals surface area contributed by atoms with Crippen molar-refractivity contribution in [1.82, 2.24) is 4.90 Å². The predicted molar refractivity (Wildman–Crippen MR) is 96.5 cm³/mol. The van der Waals surface area contributed by atoms with E-state index < -0.39 is 23.8 Å². The van der Waals surface area contributed by atoms with Gasteiger partial charge in [0.2, 0.25) is 0 Å². The summed E-state index contributed by atoms with van der Waals surface area (Å²) in [6.07, 6.45) is 0. The van der Waals surface area contributed by atoms with Crippen LogP contribution < -0.4 is 0 Å². The Morgan fingerprint density at radius 2 is 1.62 bits per heavy atom.